The van der Waals surface area contributed by atoms with Gasteiger partial charge in [0.1, 0.15) is 5.58 Å². The topological polar surface area (TPSA) is 22.9 Å². The zero-order valence-corrected chi connectivity index (χ0v) is 53.6. The lowest BCUT2D eigenvalue weighted by Gasteiger charge is -2.46. The van der Waals surface area contributed by atoms with Gasteiger partial charge in [-0.25, -0.2) is 0 Å². The van der Waals surface area contributed by atoms with Gasteiger partial charge in [-0.3, -0.25) is 0 Å². The normalized spacial score (nSPS) is 13.7. The van der Waals surface area contributed by atoms with E-state index < -0.39 is 0 Å². The third-order valence-corrected chi connectivity index (χ3v) is 19.5. The van der Waals surface area contributed by atoms with Crippen LogP contribution in [0.3, 0.4) is 0 Å². The molecule has 0 spiro atoms. The van der Waals surface area contributed by atoms with Crippen LogP contribution in [0.4, 0.5) is 45.5 Å². The molecular weight excluding hydrogens is 1060 g/mol. The van der Waals surface area contributed by atoms with E-state index in [1.54, 1.807) is 0 Å². The van der Waals surface area contributed by atoms with E-state index in [0.29, 0.717) is 0 Å². The summed E-state index contributed by atoms with van der Waals surface area (Å²) in [6.45, 7) is 34.4. The first kappa shape index (κ1) is 55.6. The van der Waals surface area contributed by atoms with E-state index >= 15 is 0 Å². The Morgan fingerprint density at radius 1 is 0.384 bits per heavy atom. The van der Waals surface area contributed by atoms with Gasteiger partial charge in [-0.1, -0.05) is 213 Å². The number of nitrogens with zero attached hydrogens (tertiary/aromatic N) is 3. The molecule has 0 N–H and O–H groups in total. The van der Waals surface area contributed by atoms with Crippen LogP contribution >= 0.6 is 11.3 Å². The molecule has 0 fully saturated rings. The molecule has 4 nitrogen and oxygen atoms in total. The van der Waals surface area contributed by atoms with E-state index in [2.05, 4.69) is 319 Å². The number of hydrogen-bond acceptors (Lipinski definition) is 5. The van der Waals surface area contributed by atoms with Crippen molar-refractivity contribution in [1.29, 1.82) is 0 Å². The van der Waals surface area contributed by atoms with Crippen molar-refractivity contribution < 1.29 is 4.42 Å². The number of hydrogen-bond donors (Lipinski definition) is 0. The van der Waals surface area contributed by atoms with Crippen molar-refractivity contribution in [1.82, 2.24) is 0 Å². The molecule has 0 saturated carbocycles. The molecule has 12 aromatic rings. The highest BCUT2D eigenvalue weighted by Gasteiger charge is 2.48. The number of para-hydroxylation sites is 1. The van der Waals surface area contributed by atoms with Crippen molar-refractivity contribution in [2.45, 2.75) is 131 Å². The van der Waals surface area contributed by atoms with Gasteiger partial charge in [0.15, 0.2) is 5.58 Å². The minimum atomic E-state index is -0.227. The Kier molecular flexibility index (Phi) is 12.7. The fourth-order valence-electron chi connectivity index (χ4n) is 13.4. The first-order valence-electron chi connectivity index (χ1n) is 30.8. The summed E-state index contributed by atoms with van der Waals surface area (Å²) in [4.78, 5) is 7.70. The molecule has 428 valence electrons. The maximum atomic E-state index is 7.36. The number of rotatable bonds is 6. The van der Waals surface area contributed by atoms with Crippen molar-refractivity contribution in [3.05, 3.63) is 228 Å². The molecule has 0 bridgehead atoms. The van der Waals surface area contributed by atoms with Crippen molar-refractivity contribution >= 4 is 117 Å². The highest BCUT2D eigenvalue weighted by atomic mass is 32.1. The lowest BCUT2D eigenvalue weighted by atomic mass is 9.43. The Balaban J connectivity index is 1.07. The first-order chi connectivity index (χ1) is 40.8. The molecular formula is C80H78BN3OS. The smallest absolute Gasteiger partial charge is 0.333 e. The van der Waals surface area contributed by atoms with Crippen LogP contribution in [0.1, 0.15) is 132 Å². The maximum absolute atomic E-state index is 7.36. The Bertz CT molecular complexity index is 4590. The molecule has 2 aliphatic rings. The molecule has 6 heteroatoms. The van der Waals surface area contributed by atoms with Crippen LogP contribution in [0.5, 0.6) is 0 Å². The number of benzene rings is 10. The molecule has 0 saturated heterocycles. The number of fused-ring (bicyclic) bond motifs is 11. The van der Waals surface area contributed by atoms with Crippen LogP contribution in [0.2, 0.25) is 0 Å². The van der Waals surface area contributed by atoms with Gasteiger partial charge in [-0.05, 0) is 168 Å². The fourth-order valence-corrected chi connectivity index (χ4v) is 14.6. The van der Waals surface area contributed by atoms with Crippen molar-refractivity contribution in [3.8, 4) is 22.3 Å². The lowest BCUT2D eigenvalue weighted by Crippen LogP contribution is -2.61. The van der Waals surface area contributed by atoms with E-state index in [1.807, 2.05) is 11.3 Å². The van der Waals surface area contributed by atoms with Crippen LogP contribution in [0, 0.1) is 0 Å². The molecule has 14 rings (SSSR count). The molecule has 0 atom stereocenters. The summed E-state index contributed by atoms with van der Waals surface area (Å²) in [6.07, 6.45) is 0. The van der Waals surface area contributed by atoms with Gasteiger partial charge >= 0.3 is 6.85 Å². The monoisotopic (exact) mass is 1140 g/mol. The standard InChI is InChI=1S/C80H78BN3OS/c1-76(2,3)50-25-33-55(34-26-50)82(56-35-27-51(28-36-56)77(4,5)6)58-39-40-60-63-46-62-64-47-65-59-23-19-20-24-70(59)85-75(65)74-73(64)81(84(69(62)48-72(63)86-71(60)45-58)57-37-29-52(30-38-57)78(7,8)9)66-44-54(80(13,14)15)32-42-68(66)83(74)67-41-31-53(79(10,11)12)43-61(67)49-21-17-16-18-22-49/h16-48H,1-15H3. The third kappa shape index (κ3) is 9.25. The summed E-state index contributed by atoms with van der Waals surface area (Å²) < 4.78 is 9.87. The van der Waals surface area contributed by atoms with Gasteiger partial charge in [-0.15, -0.1) is 11.3 Å². The van der Waals surface area contributed by atoms with Crippen LogP contribution < -0.4 is 25.5 Å². The van der Waals surface area contributed by atoms with Crippen molar-refractivity contribution in [2.75, 3.05) is 14.6 Å². The number of furan rings is 1. The summed E-state index contributed by atoms with van der Waals surface area (Å²) >= 11 is 1.90. The second kappa shape index (κ2) is 19.6. The molecule has 0 amide bonds. The Morgan fingerprint density at radius 2 is 0.895 bits per heavy atom. The van der Waals surface area contributed by atoms with E-state index in [1.165, 1.54) is 86.9 Å². The highest BCUT2D eigenvalue weighted by molar-refractivity contribution is 7.26. The van der Waals surface area contributed by atoms with Gasteiger partial charge in [0, 0.05) is 76.2 Å². The fraction of sp³-hybridized carbons (Fsp3) is 0.250. The summed E-state index contributed by atoms with van der Waals surface area (Å²) in [5.41, 5.74) is 24.6. The van der Waals surface area contributed by atoms with Crippen LogP contribution in [0.15, 0.2) is 205 Å². The predicted molar refractivity (Wildman–Crippen MR) is 374 cm³/mol. The second-order valence-corrected chi connectivity index (χ2v) is 30.6. The molecule has 2 aliphatic heterocycles. The summed E-state index contributed by atoms with van der Waals surface area (Å²) in [6, 6.07) is 76.7. The predicted octanol–water partition coefficient (Wildman–Crippen LogP) is 22.3. The zero-order chi connectivity index (χ0) is 60.1. The largest absolute Gasteiger partial charge is 0.454 e. The Morgan fingerprint density at radius 3 is 1.50 bits per heavy atom. The van der Waals surface area contributed by atoms with E-state index in [0.717, 1.165) is 61.8 Å². The minimum absolute atomic E-state index is 0.0209. The quantitative estimate of drug-likeness (QED) is 0.155. The SMILES string of the molecule is CC(C)(C)c1ccc(N2B3c4cc(C(C)(C)C)ccc4N(c4ccc(C(C)(C)C)cc4-c4ccccc4)c4c3c(cc3c4oc4ccccc43)-c3cc4c(cc32)sc2cc(N(c3ccc(C(C)(C)C)cc3)c3ccc(C(C)(C)C)cc3)ccc24)cc1. The van der Waals surface area contributed by atoms with Crippen molar-refractivity contribution in [3.63, 3.8) is 0 Å². The Labute approximate surface area is 513 Å². The average molecular weight is 1140 g/mol. The van der Waals surface area contributed by atoms with Gasteiger partial charge in [-0.2, -0.15) is 0 Å². The van der Waals surface area contributed by atoms with E-state index in [9.17, 15) is 0 Å². The summed E-state index contributed by atoms with van der Waals surface area (Å²) in [5, 5.41) is 4.73. The summed E-state index contributed by atoms with van der Waals surface area (Å²) in [7, 11) is 0. The van der Waals surface area contributed by atoms with Gasteiger partial charge < -0.3 is 19.0 Å². The third-order valence-electron chi connectivity index (χ3n) is 18.4. The maximum Gasteiger partial charge on any atom is 0.333 e. The molecule has 0 radical (unpaired) electrons. The van der Waals surface area contributed by atoms with Gasteiger partial charge in [0.25, 0.3) is 0 Å². The number of thiophene rings is 1. The molecule has 0 aliphatic carbocycles. The Hall–Kier alpha value is -8.32. The molecule has 4 heterocycles. The van der Waals surface area contributed by atoms with Gasteiger partial charge in [0.05, 0.1) is 11.4 Å². The molecule has 2 aromatic heterocycles. The zero-order valence-electron chi connectivity index (χ0n) is 52.8. The van der Waals surface area contributed by atoms with Crippen molar-refractivity contribution in [2.24, 2.45) is 0 Å². The van der Waals surface area contributed by atoms with Crippen LogP contribution in [-0.4, -0.2) is 6.85 Å². The van der Waals surface area contributed by atoms with E-state index in [-0.39, 0.29) is 33.9 Å². The lowest BCUT2D eigenvalue weighted by molar-refractivity contribution is 0.590. The molecule has 86 heavy (non-hydrogen) atoms. The summed E-state index contributed by atoms with van der Waals surface area (Å²) in [5.74, 6) is 0. The first-order valence-corrected chi connectivity index (χ1v) is 31.7. The van der Waals surface area contributed by atoms with Crippen LogP contribution in [0.25, 0.3) is 64.4 Å². The average Bonchev–Trinajstić information content (AvgIpc) is 1.11. The van der Waals surface area contributed by atoms with E-state index in [4.69, 9.17) is 4.42 Å². The van der Waals surface area contributed by atoms with Crippen LogP contribution in [-0.2, 0) is 27.1 Å². The molecule has 0 unspecified atom stereocenters. The van der Waals surface area contributed by atoms with Gasteiger partial charge in [0.2, 0.25) is 0 Å². The highest BCUT2D eigenvalue weighted by Crippen LogP contribution is 2.55. The second-order valence-electron chi connectivity index (χ2n) is 29.5. The number of anilines is 8. The minimum Gasteiger partial charge on any atom is -0.454 e. The molecule has 10 aromatic carbocycles.